The van der Waals surface area contributed by atoms with Crippen molar-refractivity contribution in [1.82, 2.24) is 0 Å². The van der Waals surface area contributed by atoms with E-state index in [0.717, 1.165) is 6.61 Å². The van der Waals surface area contributed by atoms with E-state index in [4.69, 9.17) is 9.47 Å². The molecular formula is C8H14O2. The molecule has 0 aromatic rings. The predicted molar refractivity (Wildman–Crippen MR) is 40.0 cm³/mol. The number of methoxy groups -OCH3 is 1. The second kappa shape index (κ2) is 4.47. The third-order valence-electron chi connectivity index (χ3n) is 1.46. The zero-order chi connectivity index (χ0) is 7.23. The highest BCUT2D eigenvalue weighted by atomic mass is 16.5. The molecule has 10 heavy (non-hydrogen) atoms. The Kier molecular flexibility index (Phi) is 3.47. The molecule has 0 unspecified atom stereocenters. The first-order valence-electron chi connectivity index (χ1n) is 3.68. The number of ether oxygens (including phenoxy) is 2. The summed E-state index contributed by atoms with van der Waals surface area (Å²) in [6, 6.07) is 0. The molecule has 2 nitrogen and oxygen atoms in total. The zero-order valence-electron chi connectivity index (χ0n) is 6.43. The van der Waals surface area contributed by atoms with Crippen LogP contribution in [0.1, 0.15) is 12.8 Å². The van der Waals surface area contributed by atoms with Crippen LogP contribution in [0.4, 0.5) is 0 Å². The van der Waals surface area contributed by atoms with E-state index in [-0.39, 0.29) is 0 Å². The van der Waals surface area contributed by atoms with E-state index in [1.54, 1.807) is 7.11 Å². The SMILES string of the molecule is COCCOCC=C1CC1. The van der Waals surface area contributed by atoms with Gasteiger partial charge in [0.05, 0.1) is 19.8 Å². The quantitative estimate of drug-likeness (QED) is 0.426. The number of rotatable bonds is 5. The summed E-state index contributed by atoms with van der Waals surface area (Å²) in [6.45, 7) is 2.17. The molecule has 0 saturated heterocycles. The lowest BCUT2D eigenvalue weighted by Gasteiger charge is -1.97. The summed E-state index contributed by atoms with van der Waals surface area (Å²) in [5, 5.41) is 0. The van der Waals surface area contributed by atoms with Gasteiger partial charge in [-0.2, -0.15) is 0 Å². The fraction of sp³-hybridized carbons (Fsp3) is 0.750. The second-order valence-corrected chi connectivity index (χ2v) is 2.43. The first-order valence-corrected chi connectivity index (χ1v) is 3.68. The summed E-state index contributed by atoms with van der Waals surface area (Å²) in [4.78, 5) is 0. The van der Waals surface area contributed by atoms with E-state index in [1.807, 2.05) is 0 Å². The van der Waals surface area contributed by atoms with Gasteiger partial charge in [-0.25, -0.2) is 0 Å². The molecule has 0 atom stereocenters. The molecule has 1 fully saturated rings. The van der Waals surface area contributed by atoms with Crippen molar-refractivity contribution in [2.45, 2.75) is 12.8 Å². The summed E-state index contributed by atoms with van der Waals surface area (Å²) in [7, 11) is 1.68. The van der Waals surface area contributed by atoms with Gasteiger partial charge < -0.3 is 9.47 Å². The van der Waals surface area contributed by atoms with Gasteiger partial charge in [-0.1, -0.05) is 11.6 Å². The molecule has 0 bridgehead atoms. The van der Waals surface area contributed by atoms with Crippen LogP contribution in [0.25, 0.3) is 0 Å². The summed E-state index contributed by atoms with van der Waals surface area (Å²) >= 11 is 0. The highest BCUT2D eigenvalue weighted by Crippen LogP contribution is 2.26. The van der Waals surface area contributed by atoms with Gasteiger partial charge >= 0.3 is 0 Å². The smallest absolute Gasteiger partial charge is 0.0704 e. The number of hydrogen-bond acceptors (Lipinski definition) is 2. The lowest BCUT2D eigenvalue weighted by Crippen LogP contribution is -2.01. The summed E-state index contributed by atoms with van der Waals surface area (Å²) in [5.74, 6) is 0. The normalized spacial score (nSPS) is 15.5. The van der Waals surface area contributed by atoms with Crippen molar-refractivity contribution >= 4 is 0 Å². The number of hydrogen-bond donors (Lipinski definition) is 0. The van der Waals surface area contributed by atoms with E-state index in [1.165, 1.54) is 18.4 Å². The van der Waals surface area contributed by atoms with Gasteiger partial charge in [0.1, 0.15) is 0 Å². The zero-order valence-corrected chi connectivity index (χ0v) is 6.43. The minimum absolute atomic E-state index is 0.698. The highest BCUT2D eigenvalue weighted by molar-refractivity contribution is 5.15. The Morgan fingerprint density at radius 3 is 2.80 bits per heavy atom. The van der Waals surface area contributed by atoms with Gasteiger partial charge in [0.25, 0.3) is 0 Å². The molecule has 1 aliphatic rings. The minimum atomic E-state index is 0.698. The third-order valence-corrected chi connectivity index (χ3v) is 1.46. The molecule has 0 radical (unpaired) electrons. The Labute approximate surface area is 61.8 Å². The van der Waals surface area contributed by atoms with Crippen LogP contribution >= 0.6 is 0 Å². The fourth-order valence-electron chi connectivity index (χ4n) is 0.679. The van der Waals surface area contributed by atoms with Gasteiger partial charge in [-0.05, 0) is 12.8 Å². The van der Waals surface area contributed by atoms with Crippen LogP contribution in [0.3, 0.4) is 0 Å². The minimum Gasteiger partial charge on any atom is -0.382 e. The molecule has 0 aliphatic heterocycles. The molecular weight excluding hydrogens is 128 g/mol. The average Bonchev–Trinajstić information content (AvgIpc) is 2.71. The fourth-order valence-corrected chi connectivity index (χ4v) is 0.679. The summed E-state index contributed by atoms with van der Waals surface area (Å²) < 4.78 is 10.0. The maximum absolute atomic E-state index is 5.22. The molecule has 0 heterocycles. The van der Waals surface area contributed by atoms with Crippen molar-refractivity contribution in [2.24, 2.45) is 0 Å². The summed E-state index contributed by atoms with van der Waals surface area (Å²) in [6.07, 6.45) is 4.73. The monoisotopic (exact) mass is 142 g/mol. The van der Waals surface area contributed by atoms with Gasteiger partial charge in [0.2, 0.25) is 0 Å². The Morgan fingerprint density at radius 2 is 2.20 bits per heavy atom. The van der Waals surface area contributed by atoms with E-state index in [0.29, 0.717) is 13.2 Å². The first kappa shape index (κ1) is 7.76. The van der Waals surface area contributed by atoms with E-state index >= 15 is 0 Å². The molecule has 58 valence electrons. The molecule has 0 aromatic heterocycles. The van der Waals surface area contributed by atoms with Crippen LogP contribution in [-0.2, 0) is 9.47 Å². The van der Waals surface area contributed by atoms with Crippen molar-refractivity contribution in [2.75, 3.05) is 26.9 Å². The molecule has 0 spiro atoms. The lowest BCUT2D eigenvalue weighted by atomic mass is 10.5. The van der Waals surface area contributed by atoms with Gasteiger partial charge in [-0.15, -0.1) is 0 Å². The van der Waals surface area contributed by atoms with Crippen LogP contribution < -0.4 is 0 Å². The second-order valence-electron chi connectivity index (χ2n) is 2.43. The van der Waals surface area contributed by atoms with Crippen molar-refractivity contribution in [3.8, 4) is 0 Å². The molecule has 0 aromatic carbocycles. The van der Waals surface area contributed by atoms with Gasteiger partial charge in [-0.3, -0.25) is 0 Å². The van der Waals surface area contributed by atoms with Crippen molar-refractivity contribution in [3.63, 3.8) is 0 Å². The van der Waals surface area contributed by atoms with E-state index < -0.39 is 0 Å². The number of allylic oxidation sites excluding steroid dienone is 1. The molecule has 2 heteroatoms. The van der Waals surface area contributed by atoms with Crippen molar-refractivity contribution < 1.29 is 9.47 Å². The van der Waals surface area contributed by atoms with Crippen molar-refractivity contribution in [3.05, 3.63) is 11.6 Å². The Bertz CT molecular complexity index is 112. The van der Waals surface area contributed by atoms with Crippen LogP contribution in [0, 0.1) is 0 Å². The van der Waals surface area contributed by atoms with Crippen molar-refractivity contribution in [1.29, 1.82) is 0 Å². The maximum atomic E-state index is 5.22. The molecule has 1 aliphatic carbocycles. The largest absolute Gasteiger partial charge is 0.382 e. The average molecular weight is 142 g/mol. The molecule has 1 rings (SSSR count). The Morgan fingerprint density at radius 1 is 1.40 bits per heavy atom. The standard InChI is InChI=1S/C8H14O2/c1-9-6-7-10-5-4-8-2-3-8/h4H,2-3,5-7H2,1H3. The van der Waals surface area contributed by atoms with Gasteiger partial charge in [0.15, 0.2) is 0 Å². The molecule has 0 amide bonds. The molecule has 0 N–H and O–H groups in total. The predicted octanol–water partition coefficient (Wildman–Crippen LogP) is 1.37. The van der Waals surface area contributed by atoms with Crippen LogP contribution in [-0.4, -0.2) is 26.9 Å². The van der Waals surface area contributed by atoms with E-state index in [9.17, 15) is 0 Å². The summed E-state index contributed by atoms with van der Waals surface area (Å²) in [5.41, 5.74) is 1.54. The topological polar surface area (TPSA) is 18.5 Å². The highest BCUT2D eigenvalue weighted by Gasteiger charge is 2.08. The van der Waals surface area contributed by atoms with Crippen LogP contribution in [0.2, 0.25) is 0 Å². The van der Waals surface area contributed by atoms with Crippen LogP contribution in [0.15, 0.2) is 11.6 Å². The Balaban J connectivity index is 1.81. The lowest BCUT2D eigenvalue weighted by molar-refractivity contribution is 0.0852. The first-order chi connectivity index (χ1) is 4.93. The Hall–Kier alpha value is -0.340. The maximum Gasteiger partial charge on any atom is 0.0704 e. The van der Waals surface area contributed by atoms with Gasteiger partial charge in [0, 0.05) is 7.11 Å². The molecule has 1 saturated carbocycles. The third kappa shape index (κ3) is 3.64. The van der Waals surface area contributed by atoms with Crippen LogP contribution in [0.5, 0.6) is 0 Å². The van der Waals surface area contributed by atoms with E-state index in [2.05, 4.69) is 6.08 Å².